The van der Waals surface area contributed by atoms with Crippen LogP contribution in [0.15, 0.2) is 0 Å². The smallest absolute Gasteiger partial charge is 0.0566 e. The van der Waals surface area contributed by atoms with Crippen LogP contribution in [0.1, 0.15) is 27.2 Å². The molecule has 0 aromatic rings. The molecule has 0 aliphatic heterocycles. The molecule has 2 heteroatoms. The van der Waals surface area contributed by atoms with E-state index in [9.17, 15) is 5.11 Å². The van der Waals surface area contributed by atoms with Crippen LogP contribution < -0.4 is 0 Å². The highest BCUT2D eigenvalue weighted by molar-refractivity contribution is 4.67. The van der Waals surface area contributed by atoms with Crippen LogP contribution in [0.5, 0.6) is 0 Å². The summed E-state index contributed by atoms with van der Waals surface area (Å²) in [6.07, 6.45) is 0.507. The Bertz CT molecular complexity index is 73.3. The maximum atomic E-state index is 9.32. The Hall–Kier alpha value is -0.0800. The van der Waals surface area contributed by atoms with Gasteiger partial charge < -0.3 is 10.2 Å². The zero-order valence-electron chi connectivity index (χ0n) is 7.04. The second kappa shape index (κ2) is 4.69. The molecule has 0 bridgehead atoms. The molecule has 1 unspecified atom stereocenters. The molecule has 0 heterocycles. The minimum absolute atomic E-state index is 0.165. The summed E-state index contributed by atoms with van der Waals surface area (Å²) in [4.78, 5) is 0. The molecule has 0 aliphatic rings. The molecule has 3 atom stereocenters. The van der Waals surface area contributed by atoms with Gasteiger partial charge in [0.15, 0.2) is 0 Å². The Morgan fingerprint density at radius 3 is 2.10 bits per heavy atom. The zero-order chi connectivity index (χ0) is 8.15. The van der Waals surface area contributed by atoms with Crippen LogP contribution in [0.3, 0.4) is 0 Å². The van der Waals surface area contributed by atoms with Crippen molar-refractivity contribution < 1.29 is 10.2 Å². The molecule has 0 amide bonds. The van der Waals surface area contributed by atoms with Gasteiger partial charge in [0.05, 0.1) is 6.10 Å². The van der Waals surface area contributed by atoms with Gasteiger partial charge in [0.2, 0.25) is 0 Å². The van der Waals surface area contributed by atoms with Crippen molar-refractivity contribution in [2.45, 2.75) is 33.3 Å². The molecule has 0 fully saturated rings. The number of rotatable bonds is 4. The van der Waals surface area contributed by atoms with Crippen LogP contribution in [-0.4, -0.2) is 22.9 Å². The first-order valence-electron chi connectivity index (χ1n) is 3.92. The van der Waals surface area contributed by atoms with E-state index >= 15 is 0 Å². The van der Waals surface area contributed by atoms with E-state index in [1.165, 1.54) is 0 Å². The third kappa shape index (κ3) is 2.67. The Morgan fingerprint density at radius 2 is 1.80 bits per heavy atom. The van der Waals surface area contributed by atoms with Crippen LogP contribution in [0.25, 0.3) is 0 Å². The molecule has 0 radical (unpaired) electrons. The summed E-state index contributed by atoms with van der Waals surface area (Å²) in [5.41, 5.74) is 0. The normalized spacial score (nSPS) is 20.1. The van der Waals surface area contributed by atoms with Gasteiger partial charge in [0.1, 0.15) is 0 Å². The van der Waals surface area contributed by atoms with Crippen molar-refractivity contribution in [2.24, 2.45) is 11.8 Å². The minimum atomic E-state index is -0.262. The Kier molecular flexibility index (Phi) is 4.65. The van der Waals surface area contributed by atoms with Crippen molar-refractivity contribution in [2.75, 3.05) is 6.61 Å². The first-order chi connectivity index (χ1) is 4.63. The highest BCUT2D eigenvalue weighted by atomic mass is 16.3. The highest BCUT2D eigenvalue weighted by Gasteiger charge is 2.17. The van der Waals surface area contributed by atoms with Crippen molar-refractivity contribution in [3.05, 3.63) is 0 Å². The number of hydrogen-bond acceptors (Lipinski definition) is 2. The molecule has 0 rings (SSSR count). The lowest BCUT2D eigenvalue weighted by atomic mass is 9.90. The molecule has 0 saturated heterocycles. The van der Waals surface area contributed by atoms with Gasteiger partial charge in [-0.05, 0) is 18.3 Å². The summed E-state index contributed by atoms with van der Waals surface area (Å²) in [5, 5.41) is 18.1. The van der Waals surface area contributed by atoms with E-state index in [0.29, 0.717) is 0 Å². The van der Waals surface area contributed by atoms with Gasteiger partial charge in [-0.2, -0.15) is 0 Å². The van der Waals surface area contributed by atoms with Gasteiger partial charge in [-0.25, -0.2) is 0 Å². The van der Waals surface area contributed by atoms with Gasteiger partial charge in [-0.3, -0.25) is 0 Å². The van der Waals surface area contributed by atoms with Gasteiger partial charge in [0.25, 0.3) is 0 Å². The molecule has 0 aromatic carbocycles. The van der Waals surface area contributed by atoms with Crippen molar-refractivity contribution in [3.8, 4) is 0 Å². The summed E-state index contributed by atoms with van der Waals surface area (Å²) in [6.45, 7) is 6.03. The van der Waals surface area contributed by atoms with Crippen molar-refractivity contribution in [1.29, 1.82) is 0 Å². The summed E-state index contributed by atoms with van der Waals surface area (Å²) < 4.78 is 0. The first kappa shape index (κ1) is 9.92. The molecule has 62 valence electrons. The van der Waals surface area contributed by atoms with E-state index in [4.69, 9.17) is 5.11 Å². The van der Waals surface area contributed by atoms with Crippen LogP contribution in [-0.2, 0) is 0 Å². The van der Waals surface area contributed by atoms with E-state index in [-0.39, 0.29) is 24.5 Å². The van der Waals surface area contributed by atoms with Crippen LogP contribution >= 0.6 is 0 Å². The highest BCUT2D eigenvalue weighted by Crippen LogP contribution is 2.16. The fraction of sp³-hybridized carbons (Fsp3) is 1.00. The Morgan fingerprint density at radius 1 is 1.30 bits per heavy atom. The monoisotopic (exact) mass is 146 g/mol. The number of hydrogen-bond donors (Lipinski definition) is 2. The van der Waals surface area contributed by atoms with Crippen LogP contribution in [0, 0.1) is 11.8 Å². The average molecular weight is 146 g/mol. The van der Waals surface area contributed by atoms with Crippen LogP contribution in [0.2, 0.25) is 0 Å². The molecular weight excluding hydrogens is 128 g/mol. The van der Waals surface area contributed by atoms with Gasteiger partial charge in [-0.1, -0.05) is 20.8 Å². The minimum Gasteiger partial charge on any atom is -0.396 e. The molecule has 0 spiro atoms. The Balaban J connectivity index is 3.69. The molecule has 0 saturated carbocycles. The predicted molar refractivity (Wildman–Crippen MR) is 41.7 cm³/mol. The SMILES string of the molecule is CC[C@@H](O)[C@H](C)C(C)CO. The van der Waals surface area contributed by atoms with Gasteiger partial charge in [0, 0.05) is 6.61 Å². The second-order valence-electron chi connectivity index (χ2n) is 2.99. The van der Waals surface area contributed by atoms with Gasteiger partial charge in [-0.15, -0.1) is 0 Å². The third-order valence-electron chi connectivity index (χ3n) is 2.21. The predicted octanol–water partition coefficient (Wildman–Crippen LogP) is 1.02. The fourth-order valence-electron chi connectivity index (χ4n) is 0.917. The summed E-state index contributed by atoms with van der Waals surface area (Å²) in [6, 6.07) is 0. The quantitative estimate of drug-likeness (QED) is 0.621. The first-order valence-corrected chi connectivity index (χ1v) is 3.92. The van der Waals surface area contributed by atoms with Gasteiger partial charge >= 0.3 is 0 Å². The Labute approximate surface area is 62.9 Å². The molecule has 2 N–H and O–H groups in total. The van der Waals surface area contributed by atoms with E-state index < -0.39 is 0 Å². The summed E-state index contributed by atoms with van der Waals surface area (Å²) >= 11 is 0. The molecule has 2 nitrogen and oxygen atoms in total. The lowest BCUT2D eigenvalue weighted by Gasteiger charge is -2.22. The largest absolute Gasteiger partial charge is 0.396 e. The van der Waals surface area contributed by atoms with Crippen LogP contribution in [0.4, 0.5) is 0 Å². The number of aliphatic hydroxyl groups is 2. The molecule has 0 aliphatic carbocycles. The maximum Gasteiger partial charge on any atom is 0.0566 e. The molecule has 0 aromatic heterocycles. The fourth-order valence-corrected chi connectivity index (χ4v) is 0.917. The lowest BCUT2D eigenvalue weighted by molar-refractivity contribution is 0.0621. The zero-order valence-corrected chi connectivity index (χ0v) is 7.04. The topological polar surface area (TPSA) is 40.5 Å². The standard InChI is InChI=1S/C8H18O2/c1-4-8(10)7(3)6(2)5-9/h6-10H,4-5H2,1-3H3/t6?,7-,8-/m1/s1. The number of aliphatic hydroxyl groups excluding tert-OH is 2. The van der Waals surface area contributed by atoms with E-state index in [1.54, 1.807) is 0 Å². The summed E-state index contributed by atoms with van der Waals surface area (Å²) in [7, 11) is 0. The van der Waals surface area contributed by atoms with Crippen molar-refractivity contribution in [1.82, 2.24) is 0 Å². The average Bonchev–Trinajstić information content (AvgIpc) is 2.00. The van der Waals surface area contributed by atoms with E-state index in [1.807, 2.05) is 20.8 Å². The molecule has 10 heavy (non-hydrogen) atoms. The summed E-state index contributed by atoms with van der Waals surface area (Å²) in [5.74, 6) is 0.407. The molecular formula is C8H18O2. The van der Waals surface area contributed by atoms with E-state index in [0.717, 1.165) is 6.42 Å². The van der Waals surface area contributed by atoms with Crippen molar-refractivity contribution in [3.63, 3.8) is 0 Å². The third-order valence-corrected chi connectivity index (χ3v) is 2.21. The van der Waals surface area contributed by atoms with Crippen molar-refractivity contribution >= 4 is 0 Å². The lowest BCUT2D eigenvalue weighted by Crippen LogP contribution is -2.25. The van der Waals surface area contributed by atoms with E-state index in [2.05, 4.69) is 0 Å². The second-order valence-corrected chi connectivity index (χ2v) is 2.99. The maximum absolute atomic E-state index is 9.32.